The zero-order valence-electron chi connectivity index (χ0n) is 16.5. The number of anilines is 2. The summed E-state index contributed by atoms with van der Waals surface area (Å²) in [7, 11) is 1.46. The predicted octanol–water partition coefficient (Wildman–Crippen LogP) is 2.52. The van der Waals surface area contributed by atoms with E-state index in [0.717, 1.165) is 0 Å². The zero-order chi connectivity index (χ0) is 21.7. The molecule has 0 saturated carbocycles. The van der Waals surface area contributed by atoms with Crippen LogP contribution in [-0.2, 0) is 19.1 Å². The van der Waals surface area contributed by atoms with E-state index in [1.165, 1.54) is 12.0 Å². The van der Waals surface area contributed by atoms with E-state index in [1.54, 1.807) is 55.5 Å². The lowest BCUT2D eigenvalue weighted by Crippen LogP contribution is -2.33. The summed E-state index contributed by atoms with van der Waals surface area (Å²) < 4.78 is 10.1. The van der Waals surface area contributed by atoms with E-state index in [9.17, 15) is 19.6 Å². The van der Waals surface area contributed by atoms with Crippen molar-refractivity contribution in [3.8, 4) is 11.8 Å². The van der Waals surface area contributed by atoms with E-state index in [4.69, 9.17) is 9.47 Å². The number of benzene rings is 2. The van der Waals surface area contributed by atoms with E-state index in [2.05, 4.69) is 5.32 Å². The van der Waals surface area contributed by atoms with Gasteiger partial charge in [-0.3, -0.25) is 19.3 Å². The second-order valence-corrected chi connectivity index (χ2v) is 6.23. The highest BCUT2D eigenvalue weighted by molar-refractivity contribution is 6.38. The Bertz CT molecular complexity index is 1080. The summed E-state index contributed by atoms with van der Waals surface area (Å²) in [6, 6.07) is 15.2. The lowest BCUT2D eigenvalue weighted by atomic mass is 10.0. The largest absolute Gasteiger partial charge is 0.495 e. The number of rotatable bonds is 6. The molecular weight excluding hydrogens is 386 g/mol. The van der Waals surface area contributed by atoms with E-state index < -0.39 is 17.8 Å². The molecule has 30 heavy (non-hydrogen) atoms. The summed E-state index contributed by atoms with van der Waals surface area (Å²) in [4.78, 5) is 39.1. The molecule has 0 aliphatic carbocycles. The number of nitrogens with zero attached hydrogens (tertiary/aromatic N) is 2. The zero-order valence-corrected chi connectivity index (χ0v) is 16.5. The molecular formula is C22H19N3O5. The van der Waals surface area contributed by atoms with E-state index in [1.807, 2.05) is 6.07 Å². The number of nitrogens with one attached hydrogen (secondary N) is 1. The minimum absolute atomic E-state index is 0.0650. The van der Waals surface area contributed by atoms with Crippen LogP contribution in [0.3, 0.4) is 0 Å². The van der Waals surface area contributed by atoms with Gasteiger partial charge in [0, 0.05) is 5.56 Å². The quantitative estimate of drug-likeness (QED) is 0.449. The van der Waals surface area contributed by atoms with E-state index in [0.29, 0.717) is 22.7 Å². The first-order valence-corrected chi connectivity index (χ1v) is 9.17. The number of hydrogen-bond donors (Lipinski definition) is 1. The third kappa shape index (κ3) is 3.86. The number of fused-ring (bicyclic) bond motifs is 1. The number of nitriles is 1. The van der Waals surface area contributed by atoms with Crippen molar-refractivity contribution in [2.45, 2.75) is 6.92 Å². The van der Waals surface area contributed by atoms with Crippen molar-refractivity contribution in [3.63, 3.8) is 0 Å². The maximum Gasteiger partial charge on any atom is 0.326 e. The van der Waals surface area contributed by atoms with Gasteiger partial charge in [-0.25, -0.2) is 0 Å². The van der Waals surface area contributed by atoms with Crippen LogP contribution in [0.5, 0.6) is 5.75 Å². The molecule has 0 saturated heterocycles. The first-order chi connectivity index (χ1) is 14.5. The second-order valence-electron chi connectivity index (χ2n) is 6.23. The van der Waals surface area contributed by atoms with Crippen LogP contribution in [0.15, 0.2) is 54.1 Å². The van der Waals surface area contributed by atoms with E-state index >= 15 is 0 Å². The maximum atomic E-state index is 13.1. The molecule has 1 heterocycles. The van der Waals surface area contributed by atoms with Gasteiger partial charge in [0.05, 0.1) is 30.7 Å². The highest BCUT2D eigenvalue weighted by Crippen LogP contribution is 2.38. The van der Waals surface area contributed by atoms with Gasteiger partial charge in [0.15, 0.2) is 0 Å². The van der Waals surface area contributed by atoms with Crippen LogP contribution in [0.4, 0.5) is 11.4 Å². The lowest BCUT2D eigenvalue weighted by Gasteiger charge is -2.15. The molecule has 8 nitrogen and oxygen atoms in total. The topological polar surface area (TPSA) is 109 Å². The number of carbonyl (C=O) groups excluding carboxylic acids is 3. The fraction of sp³-hybridized carbons (Fsp3) is 0.182. The third-order valence-electron chi connectivity index (χ3n) is 4.46. The molecule has 3 rings (SSSR count). The molecule has 2 amide bonds. The summed E-state index contributed by atoms with van der Waals surface area (Å²) >= 11 is 0. The minimum atomic E-state index is -0.752. The molecule has 1 N–H and O–H groups in total. The minimum Gasteiger partial charge on any atom is -0.495 e. The van der Waals surface area contributed by atoms with Crippen LogP contribution in [-0.4, -0.2) is 38.0 Å². The van der Waals surface area contributed by atoms with Crippen molar-refractivity contribution in [2.75, 3.05) is 30.5 Å². The molecule has 0 aromatic heterocycles. The first kappa shape index (κ1) is 20.6. The normalized spacial score (nSPS) is 13.9. The van der Waals surface area contributed by atoms with Gasteiger partial charge >= 0.3 is 5.97 Å². The van der Waals surface area contributed by atoms with Crippen molar-refractivity contribution in [2.24, 2.45) is 0 Å². The number of ether oxygens (including phenoxy) is 2. The van der Waals surface area contributed by atoms with Gasteiger partial charge in [0.2, 0.25) is 0 Å². The van der Waals surface area contributed by atoms with Gasteiger partial charge < -0.3 is 14.8 Å². The smallest absolute Gasteiger partial charge is 0.326 e. The first-order valence-electron chi connectivity index (χ1n) is 9.17. The second kappa shape index (κ2) is 8.92. The van der Waals surface area contributed by atoms with Crippen LogP contribution in [0.2, 0.25) is 0 Å². The monoisotopic (exact) mass is 405 g/mol. The van der Waals surface area contributed by atoms with Crippen molar-refractivity contribution in [3.05, 3.63) is 59.7 Å². The maximum absolute atomic E-state index is 13.1. The summed E-state index contributed by atoms with van der Waals surface area (Å²) in [6.45, 7) is 1.52. The van der Waals surface area contributed by atoms with Gasteiger partial charge in [-0.2, -0.15) is 5.26 Å². The van der Waals surface area contributed by atoms with Crippen LogP contribution in [0.1, 0.15) is 12.5 Å². The molecule has 1 aliphatic heterocycles. The van der Waals surface area contributed by atoms with Crippen LogP contribution in [0, 0.1) is 11.3 Å². The molecule has 2 aromatic rings. The van der Waals surface area contributed by atoms with Gasteiger partial charge in [-0.1, -0.05) is 30.3 Å². The molecule has 0 bridgehead atoms. The molecule has 0 atom stereocenters. The van der Waals surface area contributed by atoms with Gasteiger partial charge in [0.1, 0.15) is 23.9 Å². The van der Waals surface area contributed by atoms with Gasteiger partial charge in [0.25, 0.3) is 11.8 Å². The molecule has 0 radical (unpaired) electrons. The third-order valence-corrected chi connectivity index (χ3v) is 4.46. The number of hydrogen-bond acceptors (Lipinski definition) is 6. The lowest BCUT2D eigenvalue weighted by molar-refractivity contribution is -0.142. The molecule has 0 fully saturated rings. The summed E-state index contributed by atoms with van der Waals surface area (Å²) in [5, 5.41) is 12.3. The van der Waals surface area contributed by atoms with Crippen LogP contribution in [0.25, 0.3) is 5.57 Å². The fourth-order valence-electron chi connectivity index (χ4n) is 3.17. The number of para-hydroxylation sites is 3. The Kier molecular flexibility index (Phi) is 6.13. The van der Waals surface area contributed by atoms with Crippen LogP contribution >= 0.6 is 0 Å². The van der Waals surface area contributed by atoms with Gasteiger partial charge in [-0.15, -0.1) is 0 Å². The van der Waals surface area contributed by atoms with Crippen LogP contribution < -0.4 is 15.0 Å². The number of methoxy groups -OCH3 is 1. The Balaban J connectivity index is 2.02. The highest BCUT2D eigenvalue weighted by Gasteiger charge is 2.37. The average Bonchev–Trinajstić information content (AvgIpc) is 3.01. The molecule has 2 aromatic carbocycles. The Labute approximate surface area is 173 Å². The Morgan fingerprint density at radius 2 is 1.83 bits per heavy atom. The average molecular weight is 405 g/mol. The predicted molar refractivity (Wildman–Crippen MR) is 110 cm³/mol. The van der Waals surface area contributed by atoms with Crippen molar-refractivity contribution < 1.29 is 23.9 Å². The molecule has 1 aliphatic rings. The Morgan fingerprint density at radius 1 is 1.13 bits per heavy atom. The number of amides is 2. The highest BCUT2D eigenvalue weighted by atomic mass is 16.5. The van der Waals surface area contributed by atoms with Crippen molar-refractivity contribution in [1.29, 1.82) is 5.26 Å². The van der Waals surface area contributed by atoms with Gasteiger partial charge in [-0.05, 0) is 25.1 Å². The fourth-order valence-corrected chi connectivity index (χ4v) is 3.17. The number of esters is 1. The van der Waals surface area contributed by atoms with Crippen molar-refractivity contribution in [1.82, 2.24) is 0 Å². The molecule has 152 valence electrons. The molecule has 0 unspecified atom stereocenters. The standard InChI is InChI=1S/C22H19N3O5/c1-3-30-19(26)13-25-17-10-6-4-8-14(17)20(22(25)28)15(12-23)21(27)24-16-9-5-7-11-18(16)29-2/h4-11H,3,13H2,1-2H3,(H,24,27)/b20-15+. The number of carbonyl (C=O) groups is 3. The van der Waals surface area contributed by atoms with E-state index in [-0.39, 0.29) is 24.3 Å². The summed E-state index contributed by atoms with van der Waals surface area (Å²) in [5.74, 6) is -1.54. The summed E-state index contributed by atoms with van der Waals surface area (Å²) in [5.41, 5.74) is 0.775. The molecule has 0 spiro atoms. The SMILES string of the molecule is CCOC(=O)CN1C(=O)/C(=C(\C#N)C(=O)Nc2ccccc2OC)c2ccccc21. The Morgan fingerprint density at radius 3 is 2.53 bits per heavy atom. The molecule has 8 heteroatoms. The van der Waals surface area contributed by atoms with Crippen molar-refractivity contribution >= 4 is 34.7 Å². The summed E-state index contributed by atoms with van der Waals surface area (Å²) in [6.07, 6.45) is 0. The Hall–Kier alpha value is -4.12.